The number of fused-ring (bicyclic) bond motifs is 1. The molecule has 0 bridgehead atoms. The molecule has 1 heteroatoms. The zero-order valence-corrected chi connectivity index (χ0v) is 14.4. The molecule has 0 nitrogen and oxygen atoms in total. The Balaban J connectivity index is 2.56. The standard InChI is InChI=1S/C13H15.2CH3.Hf/c1-3-10-8-9-11(4-2)13-7-5-6-12(10)13;;;/h5-9H,3-4H2,1-2H3;2*1H3;. The third-order valence-electron chi connectivity index (χ3n) is 3.62. The number of aryl methyl sites for hydroxylation is 2. The molecule has 1 aromatic rings. The molecular weight excluding hydrogens is 359 g/mol. The van der Waals surface area contributed by atoms with Crippen LogP contribution in [0.15, 0.2) is 18.2 Å². The van der Waals surface area contributed by atoms with Crippen LogP contribution in [0.3, 0.4) is 0 Å². The van der Waals surface area contributed by atoms with Crippen LogP contribution in [-0.4, -0.2) is 0 Å². The topological polar surface area (TPSA) is 0 Å². The minimum absolute atomic E-state index is 0.849. The van der Waals surface area contributed by atoms with Crippen LogP contribution in [0, 0.1) is 0 Å². The van der Waals surface area contributed by atoms with Gasteiger partial charge in [-0.25, -0.2) is 0 Å². The van der Waals surface area contributed by atoms with Gasteiger partial charge in [0.15, 0.2) is 0 Å². The van der Waals surface area contributed by atoms with Crippen molar-refractivity contribution in [1.82, 2.24) is 0 Å². The van der Waals surface area contributed by atoms with Gasteiger partial charge in [-0.05, 0) is 0 Å². The van der Waals surface area contributed by atoms with Gasteiger partial charge in [0.05, 0.1) is 0 Å². The van der Waals surface area contributed by atoms with Gasteiger partial charge in [0, 0.05) is 0 Å². The fourth-order valence-corrected chi connectivity index (χ4v) is 7.70. The summed E-state index contributed by atoms with van der Waals surface area (Å²) in [6.45, 7) is 4.55. The first kappa shape index (κ1) is 12.3. The van der Waals surface area contributed by atoms with E-state index in [0.717, 1.165) is 10.1 Å². The number of allylic oxidation sites excluding steroid dienone is 1. The van der Waals surface area contributed by atoms with Crippen LogP contribution < -0.4 is 0 Å². The molecule has 16 heavy (non-hydrogen) atoms. The van der Waals surface area contributed by atoms with E-state index in [1.54, 1.807) is 22.3 Å². The molecule has 1 aliphatic rings. The molecule has 0 aromatic heterocycles. The van der Waals surface area contributed by atoms with E-state index < -0.39 is 21.4 Å². The quantitative estimate of drug-likeness (QED) is 0.674. The van der Waals surface area contributed by atoms with Gasteiger partial charge >= 0.3 is 108 Å². The molecule has 85 valence electrons. The fraction of sp³-hybridized carbons (Fsp3) is 0.467. The van der Waals surface area contributed by atoms with E-state index in [2.05, 4.69) is 47.5 Å². The molecule has 2 rings (SSSR count). The molecule has 0 spiro atoms. The summed E-state index contributed by atoms with van der Waals surface area (Å²) in [6.07, 6.45) is 7.24. The zero-order chi connectivity index (χ0) is 11.7. The van der Waals surface area contributed by atoms with Gasteiger partial charge in [-0.15, -0.1) is 0 Å². The van der Waals surface area contributed by atoms with E-state index in [1.165, 1.54) is 6.42 Å². The van der Waals surface area contributed by atoms with E-state index in [9.17, 15) is 0 Å². The van der Waals surface area contributed by atoms with Crippen molar-refractivity contribution in [3.63, 3.8) is 0 Å². The molecule has 0 heterocycles. The Bertz CT molecular complexity index is 416. The summed E-state index contributed by atoms with van der Waals surface area (Å²) in [5, 5.41) is 0. The van der Waals surface area contributed by atoms with Crippen molar-refractivity contribution in [3.05, 3.63) is 40.5 Å². The van der Waals surface area contributed by atoms with Gasteiger partial charge in [0.2, 0.25) is 0 Å². The van der Waals surface area contributed by atoms with Crippen LogP contribution in [0.1, 0.15) is 39.8 Å². The van der Waals surface area contributed by atoms with Crippen molar-refractivity contribution in [1.29, 1.82) is 0 Å². The van der Waals surface area contributed by atoms with E-state index in [1.807, 2.05) is 0 Å². The Labute approximate surface area is 107 Å². The van der Waals surface area contributed by atoms with E-state index in [4.69, 9.17) is 0 Å². The molecule has 0 fully saturated rings. The summed E-state index contributed by atoms with van der Waals surface area (Å²) < 4.78 is 5.92. The Morgan fingerprint density at radius 2 is 1.69 bits per heavy atom. The van der Waals surface area contributed by atoms with Crippen molar-refractivity contribution < 1.29 is 21.4 Å². The Hall–Kier alpha value is -0.170. The molecule has 0 N–H and O–H groups in total. The Morgan fingerprint density at radius 3 is 2.25 bits per heavy atom. The second-order valence-corrected chi connectivity index (χ2v) is 14.8. The first-order valence-electron chi connectivity index (χ1n) is 6.31. The van der Waals surface area contributed by atoms with Crippen molar-refractivity contribution in [2.24, 2.45) is 0 Å². The van der Waals surface area contributed by atoms with E-state index in [0.29, 0.717) is 0 Å². The van der Waals surface area contributed by atoms with Gasteiger partial charge in [-0.1, -0.05) is 0 Å². The molecule has 0 saturated heterocycles. The Morgan fingerprint density at radius 1 is 1.06 bits per heavy atom. The normalized spacial score (nSPS) is 17.6. The fourth-order valence-electron chi connectivity index (χ4n) is 2.68. The van der Waals surface area contributed by atoms with Crippen LogP contribution >= 0.6 is 0 Å². The molecule has 0 saturated carbocycles. The predicted octanol–water partition coefficient (Wildman–Crippen LogP) is 4.59. The summed E-state index contributed by atoms with van der Waals surface area (Å²) in [4.78, 5) is 0. The maximum absolute atomic E-state index is 2.53. The van der Waals surface area contributed by atoms with Gasteiger partial charge in [0.25, 0.3) is 0 Å². The molecule has 0 aliphatic heterocycles. The van der Waals surface area contributed by atoms with Crippen molar-refractivity contribution in [3.8, 4) is 0 Å². The first-order valence-corrected chi connectivity index (χ1v) is 15.6. The monoisotopic (exact) mass is 381 g/mol. The molecule has 1 atom stereocenters. The number of hydrogen-bond acceptors (Lipinski definition) is 0. The van der Waals surface area contributed by atoms with Crippen molar-refractivity contribution in [2.75, 3.05) is 0 Å². The first-order chi connectivity index (χ1) is 7.69. The van der Waals surface area contributed by atoms with Crippen LogP contribution in [0.25, 0.3) is 6.08 Å². The van der Waals surface area contributed by atoms with Gasteiger partial charge in [-0.3, -0.25) is 0 Å². The summed E-state index contributed by atoms with van der Waals surface area (Å²) in [5.74, 6) is 0. The summed E-state index contributed by atoms with van der Waals surface area (Å²) in [7, 11) is 0. The van der Waals surface area contributed by atoms with Gasteiger partial charge < -0.3 is 0 Å². The maximum atomic E-state index is 2.53. The molecule has 1 aliphatic carbocycles. The van der Waals surface area contributed by atoms with Crippen LogP contribution in [0.2, 0.25) is 9.36 Å². The Kier molecular flexibility index (Phi) is 3.84. The third kappa shape index (κ3) is 1.99. The average molecular weight is 380 g/mol. The van der Waals surface area contributed by atoms with Crippen molar-refractivity contribution >= 4 is 6.08 Å². The van der Waals surface area contributed by atoms with Crippen LogP contribution in [0.5, 0.6) is 0 Å². The van der Waals surface area contributed by atoms with Gasteiger partial charge in [0.1, 0.15) is 0 Å². The van der Waals surface area contributed by atoms with Crippen molar-refractivity contribution in [2.45, 2.75) is 39.7 Å². The molecule has 0 radical (unpaired) electrons. The number of rotatable bonds is 3. The number of benzene rings is 1. The summed E-state index contributed by atoms with van der Waals surface area (Å²) >= 11 is -1.33. The summed E-state index contributed by atoms with van der Waals surface area (Å²) in [6, 6.07) is 4.70. The third-order valence-corrected chi connectivity index (χ3v) is 9.82. The second kappa shape index (κ2) is 5.00. The molecule has 1 unspecified atom stereocenters. The molecular formula is C15H21Hf. The van der Waals surface area contributed by atoms with E-state index >= 15 is 0 Å². The van der Waals surface area contributed by atoms with Crippen LogP contribution in [-0.2, 0) is 34.3 Å². The SMILES string of the molecule is CCc1ccc(CC)c2c1C=C[CH]2[Hf]([CH3])[CH3]. The van der Waals surface area contributed by atoms with E-state index in [-0.39, 0.29) is 0 Å². The molecule has 1 aromatic carbocycles. The van der Waals surface area contributed by atoms with Gasteiger partial charge in [-0.2, -0.15) is 0 Å². The summed E-state index contributed by atoms with van der Waals surface area (Å²) in [5.41, 5.74) is 6.40. The predicted molar refractivity (Wildman–Crippen MR) is 68.7 cm³/mol. The minimum atomic E-state index is -1.33. The van der Waals surface area contributed by atoms with Crippen LogP contribution in [0.4, 0.5) is 0 Å². The number of hydrogen-bond donors (Lipinski definition) is 0. The molecule has 0 amide bonds. The zero-order valence-electron chi connectivity index (χ0n) is 10.8. The average Bonchev–Trinajstić information content (AvgIpc) is 2.72. The second-order valence-electron chi connectivity index (χ2n) is 4.83.